The van der Waals surface area contributed by atoms with E-state index in [0.29, 0.717) is 12.8 Å². The highest BCUT2D eigenvalue weighted by Gasteiger charge is 2.15. The van der Waals surface area contributed by atoms with Gasteiger partial charge in [-0.05, 0) is 24.1 Å². The number of nitriles is 1. The van der Waals surface area contributed by atoms with Gasteiger partial charge in [0.05, 0.1) is 12.5 Å². The summed E-state index contributed by atoms with van der Waals surface area (Å²) in [5.74, 6) is -0.829. The molecule has 2 N–H and O–H groups in total. The lowest BCUT2D eigenvalue weighted by molar-refractivity contribution is -0.138. The highest BCUT2D eigenvalue weighted by molar-refractivity contribution is 5.77. The van der Waals surface area contributed by atoms with Crippen molar-refractivity contribution >= 4 is 11.7 Å². The lowest BCUT2D eigenvalue weighted by Gasteiger charge is -2.15. The zero-order chi connectivity index (χ0) is 13.4. The number of rotatable bonds is 7. The number of carboxylic acid groups (broad SMARTS) is 1. The minimum absolute atomic E-state index is 0.373. The molecule has 0 bridgehead atoms. The van der Waals surface area contributed by atoms with Crippen LogP contribution in [-0.2, 0) is 11.2 Å². The third-order valence-electron chi connectivity index (χ3n) is 2.72. The fraction of sp³-hybridized carbons (Fsp3) is 0.429. The smallest absolute Gasteiger partial charge is 0.326 e. The zero-order valence-corrected chi connectivity index (χ0v) is 10.5. The number of unbranched alkanes of at least 4 members (excludes halogenated alkanes) is 1. The van der Waals surface area contributed by atoms with Crippen molar-refractivity contribution in [1.29, 1.82) is 5.26 Å². The quantitative estimate of drug-likeness (QED) is 0.775. The molecule has 0 heterocycles. The van der Waals surface area contributed by atoms with E-state index in [2.05, 4.69) is 11.4 Å². The second-order valence-electron chi connectivity index (χ2n) is 4.21. The van der Waals surface area contributed by atoms with Crippen LogP contribution in [0.4, 0.5) is 5.69 Å². The van der Waals surface area contributed by atoms with Crippen LogP contribution in [0.15, 0.2) is 24.3 Å². The van der Waals surface area contributed by atoms with Gasteiger partial charge in [0, 0.05) is 5.69 Å². The van der Waals surface area contributed by atoms with Crippen LogP contribution in [0.1, 0.15) is 31.7 Å². The number of anilines is 1. The number of carboxylic acids is 1. The SMILES string of the molecule is CCCCC(Nc1ccc(CC#N)cc1)C(=O)O. The van der Waals surface area contributed by atoms with Crippen molar-refractivity contribution in [2.75, 3.05) is 5.32 Å². The summed E-state index contributed by atoms with van der Waals surface area (Å²) in [7, 11) is 0. The first-order valence-corrected chi connectivity index (χ1v) is 6.12. The summed E-state index contributed by atoms with van der Waals surface area (Å²) < 4.78 is 0. The standard InChI is InChI=1S/C14H18N2O2/c1-2-3-4-13(14(17)18)16-12-7-5-11(6-8-12)9-10-15/h5-8,13,16H,2-4,9H2,1H3,(H,17,18). The molecule has 0 aliphatic rings. The maximum absolute atomic E-state index is 11.1. The molecule has 1 unspecified atom stereocenters. The van der Waals surface area contributed by atoms with Crippen LogP contribution in [0, 0.1) is 11.3 Å². The molecule has 1 aromatic carbocycles. The number of hydrogen-bond acceptors (Lipinski definition) is 3. The fourth-order valence-corrected chi connectivity index (χ4v) is 1.68. The number of aliphatic carboxylic acids is 1. The van der Waals surface area contributed by atoms with Gasteiger partial charge < -0.3 is 10.4 Å². The van der Waals surface area contributed by atoms with Crippen LogP contribution in [0.2, 0.25) is 0 Å². The summed E-state index contributed by atoms with van der Waals surface area (Å²) in [6, 6.07) is 8.83. The molecule has 0 aliphatic heterocycles. The highest BCUT2D eigenvalue weighted by atomic mass is 16.4. The number of hydrogen-bond donors (Lipinski definition) is 2. The predicted octanol–water partition coefficient (Wildman–Crippen LogP) is 2.81. The molecule has 0 aliphatic carbocycles. The van der Waals surface area contributed by atoms with Gasteiger partial charge in [-0.25, -0.2) is 4.79 Å². The summed E-state index contributed by atoms with van der Waals surface area (Å²) in [6.07, 6.45) is 2.85. The van der Waals surface area contributed by atoms with Gasteiger partial charge in [-0.1, -0.05) is 31.9 Å². The third-order valence-corrected chi connectivity index (χ3v) is 2.72. The van der Waals surface area contributed by atoms with E-state index in [4.69, 9.17) is 10.4 Å². The van der Waals surface area contributed by atoms with Crippen LogP contribution < -0.4 is 5.32 Å². The van der Waals surface area contributed by atoms with Crippen molar-refractivity contribution in [2.24, 2.45) is 0 Å². The van der Waals surface area contributed by atoms with Crippen LogP contribution >= 0.6 is 0 Å². The van der Waals surface area contributed by atoms with Gasteiger partial charge in [0.2, 0.25) is 0 Å². The van der Waals surface area contributed by atoms with E-state index in [1.807, 2.05) is 31.2 Å². The minimum Gasteiger partial charge on any atom is -0.480 e. The first-order valence-electron chi connectivity index (χ1n) is 6.12. The van der Waals surface area contributed by atoms with Crippen molar-refractivity contribution in [3.63, 3.8) is 0 Å². The Balaban J connectivity index is 2.63. The second-order valence-corrected chi connectivity index (χ2v) is 4.21. The van der Waals surface area contributed by atoms with Gasteiger partial charge in [0.15, 0.2) is 0 Å². The van der Waals surface area contributed by atoms with E-state index in [1.165, 1.54) is 0 Å². The number of nitrogens with zero attached hydrogens (tertiary/aromatic N) is 1. The molecule has 0 aromatic heterocycles. The molecule has 0 fully saturated rings. The number of nitrogens with one attached hydrogen (secondary N) is 1. The molecular weight excluding hydrogens is 228 g/mol. The molecule has 1 aromatic rings. The van der Waals surface area contributed by atoms with E-state index in [1.54, 1.807) is 0 Å². The summed E-state index contributed by atoms with van der Waals surface area (Å²) >= 11 is 0. The van der Waals surface area contributed by atoms with Gasteiger partial charge >= 0.3 is 5.97 Å². The Morgan fingerprint density at radius 3 is 2.61 bits per heavy atom. The Bertz CT molecular complexity index is 420. The lowest BCUT2D eigenvalue weighted by atomic mass is 10.1. The Kier molecular flexibility index (Phi) is 5.72. The average Bonchev–Trinajstić information content (AvgIpc) is 2.36. The molecule has 1 rings (SSSR count). The Hall–Kier alpha value is -2.02. The molecule has 0 saturated heterocycles. The molecule has 0 saturated carbocycles. The number of benzene rings is 1. The third kappa shape index (κ3) is 4.46. The van der Waals surface area contributed by atoms with Gasteiger partial charge in [-0.3, -0.25) is 0 Å². The van der Waals surface area contributed by atoms with E-state index >= 15 is 0 Å². The highest BCUT2D eigenvalue weighted by Crippen LogP contribution is 2.13. The topological polar surface area (TPSA) is 73.1 Å². The summed E-state index contributed by atoms with van der Waals surface area (Å²) in [6.45, 7) is 2.04. The largest absolute Gasteiger partial charge is 0.480 e. The molecular formula is C14H18N2O2. The molecule has 4 nitrogen and oxygen atoms in total. The lowest BCUT2D eigenvalue weighted by Crippen LogP contribution is -2.29. The molecule has 18 heavy (non-hydrogen) atoms. The van der Waals surface area contributed by atoms with E-state index in [-0.39, 0.29) is 0 Å². The van der Waals surface area contributed by atoms with Crippen molar-refractivity contribution in [2.45, 2.75) is 38.6 Å². The van der Waals surface area contributed by atoms with Crippen LogP contribution in [-0.4, -0.2) is 17.1 Å². The van der Waals surface area contributed by atoms with E-state index in [9.17, 15) is 4.79 Å². The number of carbonyl (C=O) groups is 1. The van der Waals surface area contributed by atoms with E-state index in [0.717, 1.165) is 24.1 Å². The molecule has 0 amide bonds. The van der Waals surface area contributed by atoms with Gasteiger partial charge in [-0.2, -0.15) is 5.26 Å². The summed E-state index contributed by atoms with van der Waals surface area (Å²) in [4.78, 5) is 11.1. The average molecular weight is 246 g/mol. The van der Waals surface area contributed by atoms with Crippen molar-refractivity contribution in [1.82, 2.24) is 0 Å². The maximum atomic E-state index is 11.1. The molecule has 4 heteroatoms. The Labute approximate surface area is 107 Å². The molecule has 0 spiro atoms. The molecule has 96 valence electrons. The van der Waals surface area contributed by atoms with Gasteiger partial charge in [0.1, 0.15) is 6.04 Å². The summed E-state index contributed by atoms with van der Waals surface area (Å²) in [5, 5.41) is 20.7. The summed E-state index contributed by atoms with van der Waals surface area (Å²) in [5.41, 5.74) is 1.71. The van der Waals surface area contributed by atoms with Gasteiger partial charge in [0.25, 0.3) is 0 Å². The maximum Gasteiger partial charge on any atom is 0.326 e. The van der Waals surface area contributed by atoms with Gasteiger partial charge in [-0.15, -0.1) is 0 Å². The Morgan fingerprint density at radius 2 is 2.11 bits per heavy atom. The second kappa shape index (κ2) is 7.33. The van der Waals surface area contributed by atoms with Crippen LogP contribution in [0.3, 0.4) is 0 Å². The van der Waals surface area contributed by atoms with Crippen molar-refractivity contribution in [3.8, 4) is 6.07 Å². The predicted molar refractivity (Wildman–Crippen MR) is 70.3 cm³/mol. The monoisotopic (exact) mass is 246 g/mol. The molecule has 0 radical (unpaired) electrons. The van der Waals surface area contributed by atoms with E-state index < -0.39 is 12.0 Å². The minimum atomic E-state index is -0.829. The molecule has 1 atom stereocenters. The van der Waals surface area contributed by atoms with Crippen molar-refractivity contribution < 1.29 is 9.90 Å². The van der Waals surface area contributed by atoms with Crippen molar-refractivity contribution in [3.05, 3.63) is 29.8 Å². The Morgan fingerprint density at radius 1 is 1.44 bits per heavy atom. The zero-order valence-electron chi connectivity index (χ0n) is 10.5. The fourth-order valence-electron chi connectivity index (χ4n) is 1.68. The first-order chi connectivity index (χ1) is 8.67. The first kappa shape index (κ1) is 14.0. The normalized spacial score (nSPS) is 11.6. The van der Waals surface area contributed by atoms with Crippen LogP contribution in [0.25, 0.3) is 0 Å². The van der Waals surface area contributed by atoms with Crippen LogP contribution in [0.5, 0.6) is 0 Å².